The van der Waals surface area contributed by atoms with Crippen molar-refractivity contribution in [2.24, 2.45) is 0 Å². The highest BCUT2D eigenvalue weighted by Gasteiger charge is 2.26. The Kier molecular flexibility index (Phi) is 2.48. The third-order valence-electron chi connectivity index (χ3n) is 3.17. The van der Waals surface area contributed by atoms with E-state index in [-0.39, 0.29) is 5.91 Å². The molecule has 0 spiro atoms. The number of benzene rings is 1. The summed E-state index contributed by atoms with van der Waals surface area (Å²) < 4.78 is 0. The Hall–Kier alpha value is -2.36. The minimum Gasteiger partial charge on any atom is -0.397 e. The molecule has 1 aromatic carbocycles. The number of hydrogen-bond donors (Lipinski definition) is 1. The molecule has 4 heteroatoms. The van der Waals surface area contributed by atoms with Crippen LogP contribution in [0.15, 0.2) is 42.6 Å². The lowest BCUT2D eigenvalue weighted by atomic mass is 10.2. The van der Waals surface area contributed by atoms with Crippen LogP contribution in [0.5, 0.6) is 0 Å². The lowest BCUT2D eigenvalue weighted by molar-refractivity contribution is 0.0985. The fourth-order valence-corrected chi connectivity index (χ4v) is 2.27. The van der Waals surface area contributed by atoms with Crippen LogP contribution in [0.2, 0.25) is 0 Å². The second kappa shape index (κ2) is 4.14. The van der Waals surface area contributed by atoms with Crippen molar-refractivity contribution >= 4 is 17.3 Å². The molecule has 90 valence electrons. The Bertz CT molecular complexity index is 609. The number of carbonyl (C=O) groups is 1. The van der Waals surface area contributed by atoms with Crippen LogP contribution in [-0.4, -0.2) is 17.4 Å². The predicted molar refractivity (Wildman–Crippen MR) is 70.5 cm³/mol. The maximum Gasteiger partial charge on any atom is 0.279 e. The lowest BCUT2D eigenvalue weighted by Crippen LogP contribution is -2.30. The van der Waals surface area contributed by atoms with Gasteiger partial charge in [-0.15, -0.1) is 0 Å². The molecule has 3 rings (SSSR count). The van der Waals surface area contributed by atoms with Gasteiger partial charge in [-0.25, -0.2) is 4.98 Å². The zero-order valence-corrected chi connectivity index (χ0v) is 9.84. The van der Waals surface area contributed by atoms with Gasteiger partial charge in [0.05, 0.1) is 5.69 Å². The van der Waals surface area contributed by atoms with Crippen molar-refractivity contribution in [3.63, 3.8) is 0 Å². The number of hydrogen-bond acceptors (Lipinski definition) is 3. The van der Waals surface area contributed by atoms with Crippen LogP contribution in [0.1, 0.15) is 16.1 Å². The Labute approximate surface area is 105 Å². The van der Waals surface area contributed by atoms with Crippen LogP contribution in [0.3, 0.4) is 0 Å². The van der Waals surface area contributed by atoms with E-state index < -0.39 is 0 Å². The summed E-state index contributed by atoms with van der Waals surface area (Å²) in [6.07, 6.45) is 2.47. The first-order valence-corrected chi connectivity index (χ1v) is 5.87. The molecule has 0 radical (unpaired) electrons. The normalized spacial score (nSPS) is 13.4. The van der Waals surface area contributed by atoms with Gasteiger partial charge in [-0.2, -0.15) is 0 Å². The van der Waals surface area contributed by atoms with E-state index >= 15 is 0 Å². The van der Waals surface area contributed by atoms with E-state index in [1.807, 2.05) is 24.3 Å². The van der Waals surface area contributed by atoms with E-state index in [1.165, 1.54) is 5.56 Å². The second-order valence-electron chi connectivity index (χ2n) is 4.28. The molecule has 0 unspecified atom stereocenters. The van der Waals surface area contributed by atoms with Gasteiger partial charge in [0.2, 0.25) is 0 Å². The van der Waals surface area contributed by atoms with E-state index in [0.29, 0.717) is 17.9 Å². The highest BCUT2D eigenvalue weighted by molar-refractivity contribution is 6.08. The zero-order chi connectivity index (χ0) is 12.5. The number of nitrogens with zero attached hydrogens (tertiary/aromatic N) is 2. The van der Waals surface area contributed by atoms with Gasteiger partial charge in [0.1, 0.15) is 0 Å². The van der Waals surface area contributed by atoms with Crippen LogP contribution >= 0.6 is 0 Å². The number of fused-ring (bicyclic) bond motifs is 1. The van der Waals surface area contributed by atoms with Gasteiger partial charge >= 0.3 is 0 Å². The number of rotatable bonds is 1. The third kappa shape index (κ3) is 1.62. The molecular weight excluding hydrogens is 226 g/mol. The minimum absolute atomic E-state index is 0.127. The molecule has 0 saturated heterocycles. The maximum absolute atomic E-state index is 12.4. The van der Waals surface area contributed by atoms with Crippen molar-refractivity contribution in [1.29, 1.82) is 0 Å². The van der Waals surface area contributed by atoms with Crippen LogP contribution < -0.4 is 10.6 Å². The van der Waals surface area contributed by atoms with E-state index in [2.05, 4.69) is 4.98 Å². The van der Waals surface area contributed by atoms with E-state index in [0.717, 1.165) is 12.1 Å². The highest BCUT2D eigenvalue weighted by Crippen LogP contribution is 2.29. The van der Waals surface area contributed by atoms with E-state index in [9.17, 15) is 4.79 Å². The summed E-state index contributed by atoms with van der Waals surface area (Å²) in [6, 6.07) is 11.4. The molecule has 1 aliphatic heterocycles. The number of aromatic nitrogens is 1. The molecule has 2 aromatic rings. The summed E-state index contributed by atoms with van der Waals surface area (Å²) >= 11 is 0. The average Bonchev–Trinajstić information content (AvgIpc) is 2.82. The topological polar surface area (TPSA) is 59.2 Å². The first kappa shape index (κ1) is 10.8. The summed E-state index contributed by atoms with van der Waals surface area (Å²) in [5, 5.41) is 0. The van der Waals surface area contributed by atoms with Gasteiger partial charge in [-0.1, -0.05) is 18.2 Å². The molecule has 2 heterocycles. The first-order chi connectivity index (χ1) is 8.77. The third-order valence-corrected chi connectivity index (χ3v) is 3.17. The van der Waals surface area contributed by atoms with Gasteiger partial charge < -0.3 is 10.6 Å². The highest BCUT2D eigenvalue weighted by atomic mass is 16.2. The smallest absolute Gasteiger partial charge is 0.279 e. The molecule has 0 aliphatic carbocycles. The quantitative estimate of drug-likeness (QED) is 0.826. The van der Waals surface area contributed by atoms with Crippen LogP contribution in [0.25, 0.3) is 0 Å². The summed E-state index contributed by atoms with van der Waals surface area (Å²) in [5.41, 5.74) is 8.71. The number of carbonyl (C=O) groups excluding carboxylic acids is 1. The fourth-order valence-electron chi connectivity index (χ4n) is 2.27. The molecule has 1 amide bonds. The number of amides is 1. The molecule has 1 aliphatic rings. The maximum atomic E-state index is 12.4. The molecular formula is C14H13N3O. The van der Waals surface area contributed by atoms with Crippen LogP contribution in [-0.2, 0) is 6.42 Å². The van der Waals surface area contributed by atoms with Crippen molar-refractivity contribution in [1.82, 2.24) is 4.98 Å². The van der Waals surface area contributed by atoms with Crippen molar-refractivity contribution in [2.75, 3.05) is 17.2 Å². The number of pyridine rings is 1. The Morgan fingerprint density at radius 3 is 2.89 bits per heavy atom. The summed E-state index contributed by atoms with van der Waals surface area (Å²) in [5.74, 6) is -0.127. The van der Waals surface area contributed by atoms with Crippen molar-refractivity contribution in [2.45, 2.75) is 6.42 Å². The summed E-state index contributed by atoms with van der Waals surface area (Å²) in [6.45, 7) is 0.689. The summed E-state index contributed by atoms with van der Waals surface area (Å²) in [4.78, 5) is 18.2. The van der Waals surface area contributed by atoms with E-state index in [4.69, 9.17) is 5.73 Å². The Morgan fingerprint density at radius 1 is 1.22 bits per heavy atom. The molecule has 18 heavy (non-hydrogen) atoms. The molecule has 0 fully saturated rings. The molecule has 2 N–H and O–H groups in total. The number of para-hydroxylation sites is 1. The predicted octanol–water partition coefficient (Wildman–Crippen LogP) is 1.87. The zero-order valence-electron chi connectivity index (χ0n) is 9.84. The van der Waals surface area contributed by atoms with Gasteiger partial charge in [0.25, 0.3) is 5.91 Å². The monoisotopic (exact) mass is 239 g/mol. The second-order valence-corrected chi connectivity index (χ2v) is 4.28. The van der Waals surface area contributed by atoms with Gasteiger partial charge in [-0.05, 0) is 30.2 Å². The number of anilines is 2. The molecule has 0 bridgehead atoms. The van der Waals surface area contributed by atoms with Crippen molar-refractivity contribution in [3.05, 3.63) is 53.9 Å². The molecule has 1 aromatic heterocycles. The first-order valence-electron chi connectivity index (χ1n) is 5.87. The lowest BCUT2D eigenvalue weighted by Gasteiger charge is -2.17. The Morgan fingerprint density at radius 2 is 2.06 bits per heavy atom. The molecule has 4 nitrogen and oxygen atoms in total. The van der Waals surface area contributed by atoms with Gasteiger partial charge in [0.15, 0.2) is 5.69 Å². The van der Waals surface area contributed by atoms with Gasteiger partial charge in [-0.3, -0.25) is 4.79 Å². The van der Waals surface area contributed by atoms with Crippen molar-refractivity contribution < 1.29 is 4.79 Å². The van der Waals surface area contributed by atoms with E-state index in [1.54, 1.807) is 23.2 Å². The number of nitrogen functional groups attached to an aromatic ring is 1. The standard InChI is InChI=1S/C14H13N3O/c15-11-5-3-8-16-13(11)14(18)17-9-7-10-4-1-2-6-12(10)17/h1-6,8H,7,9,15H2. The van der Waals surface area contributed by atoms with Crippen LogP contribution in [0.4, 0.5) is 11.4 Å². The number of nitrogens with two attached hydrogens (primary N) is 1. The van der Waals surface area contributed by atoms with Crippen LogP contribution in [0, 0.1) is 0 Å². The fraction of sp³-hybridized carbons (Fsp3) is 0.143. The summed E-state index contributed by atoms with van der Waals surface area (Å²) in [7, 11) is 0. The largest absolute Gasteiger partial charge is 0.397 e. The molecule has 0 atom stereocenters. The van der Waals surface area contributed by atoms with Gasteiger partial charge in [0, 0.05) is 18.4 Å². The average molecular weight is 239 g/mol. The SMILES string of the molecule is Nc1cccnc1C(=O)N1CCc2ccccc21. The minimum atomic E-state index is -0.127. The molecule has 0 saturated carbocycles. The van der Waals surface area contributed by atoms with Crippen molar-refractivity contribution in [3.8, 4) is 0 Å². The Balaban J connectivity index is 1.99.